The second-order valence-corrected chi connectivity index (χ2v) is 6.84. The van der Waals surface area contributed by atoms with E-state index in [4.69, 9.17) is 11.6 Å². The fraction of sp³-hybridized carbons (Fsp3) is 1.00. The minimum Gasteiger partial charge on any atom is -0.119 e. The first-order valence-corrected chi connectivity index (χ1v) is 6.37. The van der Waals surface area contributed by atoms with Crippen LogP contribution in [0, 0.1) is 17.3 Å². The minimum absolute atomic E-state index is 0.0940. The summed E-state index contributed by atoms with van der Waals surface area (Å²) in [6.07, 6.45) is 5.55. The van der Waals surface area contributed by atoms with E-state index in [1.807, 2.05) is 0 Å². The molecule has 0 aliphatic heterocycles. The third-order valence-corrected chi connectivity index (χ3v) is 5.10. The molecule has 1 saturated carbocycles. The van der Waals surface area contributed by atoms with Gasteiger partial charge in [-0.3, -0.25) is 0 Å². The standard InChI is InChI=1S/C13H25Cl/c1-6-11(10-8-7-9-10)12(2,3)13(4,5)14/h10-11H,6-9H2,1-5H3. The monoisotopic (exact) mass is 216 g/mol. The molecular weight excluding hydrogens is 192 g/mol. The van der Waals surface area contributed by atoms with Crippen molar-refractivity contribution < 1.29 is 0 Å². The zero-order valence-corrected chi connectivity index (χ0v) is 11.1. The van der Waals surface area contributed by atoms with Gasteiger partial charge in [0.15, 0.2) is 0 Å². The number of hydrogen-bond donors (Lipinski definition) is 0. The first-order valence-electron chi connectivity index (χ1n) is 5.99. The molecular formula is C13H25Cl. The van der Waals surface area contributed by atoms with Gasteiger partial charge in [0, 0.05) is 4.87 Å². The van der Waals surface area contributed by atoms with E-state index in [9.17, 15) is 0 Å². The zero-order valence-electron chi connectivity index (χ0n) is 10.4. The molecule has 0 bridgehead atoms. The fourth-order valence-electron chi connectivity index (χ4n) is 2.72. The summed E-state index contributed by atoms with van der Waals surface area (Å²) in [4.78, 5) is -0.0940. The van der Waals surface area contributed by atoms with Crippen LogP contribution >= 0.6 is 11.6 Å². The summed E-state index contributed by atoms with van der Waals surface area (Å²) in [5.74, 6) is 1.73. The van der Waals surface area contributed by atoms with E-state index in [2.05, 4.69) is 34.6 Å². The Morgan fingerprint density at radius 1 is 1.21 bits per heavy atom. The third kappa shape index (κ3) is 2.10. The van der Waals surface area contributed by atoms with Crippen molar-refractivity contribution in [2.24, 2.45) is 17.3 Å². The molecule has 1 unspecified atom stereocenters. The van der Waals surface area contributed by atoms with Crippen LogP contribution in [0.4, 0.5) is 0 Å². The number of hydrogen-bond acceptors (Lipinski definition) is 0. The molecule has 0 heterocycles. The Balaban J connectivity index is 2.76. The maximum atomic E-state index is 6.52. The SMILES string of the molecule is CCC(C1CCC1)C(C)(C)C(C)(C)Cl. The van der Waals surface area contributed by atoms with Crippen molar-refractivity contribution >= 4 is 11.6 Å². The highest BCUT2D eigenvalue weighted by molar-refractivity contribution is 6.23. The molecule has 1 rings (SSSR count). The van der Waals surface area contributed by atoms with Crippen molar-refractivity contribution in [3.05, 3.63) is 0 Å². The Hall–Kier alpha value is 0.290. The fourth-order valence-corrected chi connectivity index (χ4v) is 2.86. The Morgan fingerprint density at radius 2 is 1.71 bits per heavy atom. The maximum Gasteiger partial charge on any atom is 0.0444 e. The minimum atomic E-state index is -0.0940. The molecule has 0 aromatic heterocycles. The quantitative estimate of drug-likeness (QED) is 0.589. The molecule has 0 aromatic carbocycles. The van der Waals surface area contributed by atoms with E-state index in [-0.39, 0.29) is 10.3 Å². The first-order chi connectivity index (χ1) is 6.30. The average molecular weight is 217 g/mol. The van der Waals surface area contributed by atoms with Crippen LogP contribution < -0.4 is 0 Å². The summed E-state index contributed by atoms with van der Waals surface area (Å²) in [6, 6.07) is 0. The van der Waals surface area contributed by atoms with Gasteiger partial charge in [0.2, 0.25) is 0 Å². The Morgan fingerprint density at radius 3 is 1.93 bits per heavy atom. The van der Waals surface area contributed by atoms with Gasteiger partial charge in [0.25, 0.3) is 0 Å². The largest absolute Gasteiger partial charge is 0.119 e. The van der Waals surface area contributed by atoms with Gasteiger partial charge >= 0.3 is 0 Å². The van der Waals surface area contributed by atoms with Crippen molar-refractivity contribution in [2.75, 3.05) is 0 Å². The van der Waals surface area contributed by atoms with Crippen LogP contribution in [0.3, 0.4) is 0 Å². The molecule has 1 aliphatic rings. The second-order valence-electron chi connectivity index (χ2n) is 5.90. The highest BCUT2D eigenvalue weighted by atomic mass is 35.5. The van der Waals surface area contributed by atoms with Gasteiger partial charge in [-0.25, -0.2) is 0 Å². The molecule has 0 amide bonds. The van der Waals surface area contributed by atoms with Crippen LogP contribution in [-0.4, -0.2) is 4.87 Å². The molecule has 1 aliphatic carbocycles. The summed E-state index contributed by atoms with van der Waals surface area (Å²) in [5, 5.41) is 0. The van der Waals surface area contributed by atoms with Crippen molar-refractivity contribution in [1.29, 1.82) is 0 Å². The lowest BCUT2D eigenvalue weighted by atomic mass is 9.59. The van der Waals surface area contributed by atoms with Crippen molar-refractivity contribution in [3.8, 4) is 0 Å². The molecule has 14 heavy (non-hydrogen) atoms. The summed E-state index contributed by atoms with van der Waals surface area (Å²) < 4.78 is 0. The molecule has 0 radical (unpaired) electrons. The summed E-state index contributed by atoms with van der Waals surface area (Å²) in [7, 11) is 0. The van der Waals surface area contributed by atoms with Gasteiger partial charge in [-0.05, 0) is 31.1 Å². The molecule has 1 heteroatoms. The van der Waals surface area contributed by atoms with Crippen LogP contribution in [0.15, 0.2) is 0 Å². The Bertz CT molecular complexity index is 184. The topological polar surface area (TPSA) is 0 Å². The predicted molar refractivity (Wildman–Crippen MR) is 64.8 cm³/mol. The molecule has 0 N–H and O–H groups in total. The third-order valence-electron chi connectivity index (χ3n) is 4.62. The Kier molecular flexibility index (Phi) is 3.57. The molecule has 1 atom stereocenters. The predicted octanol–water partition coefficient (Wildman–Crippen LogP) is 4.86. The highest BCUT2D eigenvalue weighted by Gasteiger charge is 2.45. The summed E-state index contributed by atoms with van der Waals surface area (Å²) in [5.41, 5.74) is 0.244. The second kappa shape index (κ2) is 4.04. The van der Waals surface area contributed by atoms with Crippen LogP contribution in [0.1, 0.15) is 60.3 Å². The molecule has 0 aromatic rings. The van der Waals surface area contributed by atoms with Gasteiger partial charge < -0.3 is 0 Å². The lowest BCUT2D eigenvalue weighted by Crippen LogP contribution is -2.44. The summed E-state index contributed by atoms with van der Waals surface area (Å²) in [6.45, 7) is 11.3. The first kappa shape index (κ1) is 12.4. The van der Waals surface area contributed by atoms with Crippen molar-refractivity contribution in [3.63, 3.8) is 0 Å². The van der Waals surface area contributed by atoms with E-state index in [0.29, 0.717) is 0 Å². The summed E-state index contributed by atoms with van der Waals surface area (Å²) >= 11 is 6.52. The average Bonchev–Trinajstić information content (AvgIpc) is 1.93. The van der Waals surface area contributed by atoms with E-state index >= 15 is 0 Å². The van der Waals surface area contributed by atoms with E-state index < -0.39 is 0 Å². The molecule has 0 spiro atoms. The highest BCUT2D eigenvalue weighted by Crippen LogP contribution is 2.51. The molecule has 84 valence electrons. The lowest BCUT2D eigenvalue weighted by Gasteiger charge is -2.49. The number of rotatable bonds is 4. The van der Waals surface area contributed by atoms with Gasteiger partial charge in [0.1, 0.15) is 0 Å². The van der Waals surface area contributed by atoms with E-state index in [0.717, 1.165) is 11.8 Å². The Labute approximate surface area is 94.4 Å². The molecule has 0 saturated heterocycles. The van der Waals surface area contributed by atoms with Crippen LogP contribution in [0.2, 0.25) is 0 Å². The van der Waals surface area contributed by atoms with E-state index in [1.54, 1.807) is 0 Å². The van der Waals surface area contributed by atoms with Gasteiger partial charge in [0.05, 0.1) is 0 Å². The van der Waals surface area contributed by atoms with E-state index in [1.165, 1.54) is 25.7 Å². The smallest absolute Gasteiger partial charge is 0.0444 e. The number of alkyl halides is 1. The maximum absolute atomic E-state index is 6.52. The molecule has 0 nitrogen and oxygen atoms in total. The normalized spacial score (nSPS) is 21.9. The van der Waals surface area contributed by atoms with Gasteiger partial charge in [-0.2, -0.15) is 0 Å². The number of halogens is 1. The van der Waals surface area contributed by atoms with Gasteiger partial charge in [-0.15, -0.1) is 11.6 Å². The molecule has 1 fully saturated rings. The van der Waals surface area contributed by atoms with Crippen molar-refractivity contribution in [1.82, 2.24) is 0 Å². The zero-order chi connectivity index (χ0) is 11.0. The van der Waals surface area contributed by atoms with Crippen LogP contribution in [0.5, 0.6) is 0 Å². The van der Waals surface area contributed by atoms with Crippen LogP contribution in [-0.2, 0) is 0 Å². The van der Waals surface area contributed by atoms with Gasteiger partial charge in [-0.1, -0.05) is 46.5 Å². The lowest BCUT2D eigenvalue weighted by molar-refractivity contribution is 0.0536. The van der Waals surface area contributed by atoms with Crippen LogP contribution in [0.25, 0.3) is 0 Å². The van der Waals surface area contributed by atoms with Crippen molar-refractivity contribution in [2.45, 2.75) is 65.2 Å².